The van der Waals surface area contributed by atoms with Crippen molar-refractivity contribution in [2.45, 2.75) is 44.8 Å². The Morgan fingerprint density at radius 1 is 1.15 bits per heavy atom. The molecule has 1 aliphatic rings. The average molecular weight is 367 g/mol. The molecule has 0 radical (unpaired) electrons. The number of β-amino-alcohol motifs (C(OH)–C–C–N with tert-alkyl or cyclic N) is 1. The van der Waals surface area contributed by atoms with Crippen LogP contribution in [0.1, 0.15) is 32.3 Å². The van der Waals surface area contributed by atoms with E-state index >= 15 is 0 Å². The number of carbonyl (C=O) groups excluding carboxylic acids is 1. The minimum Gasteiger partial charge on any atom is -0.387 e. The van der Waals surface area contributed by atoms with Gasteiger partial charge in [0.15, 0.2) is 0 Å². The molecule has 0 saturated carbocycles. The van der Waals surface area contributed by atoms with Crippen LogP contribution in [0.3, 0.4) is 0 Å². The van der Waals surface area contributed by atoms with E-state index in [2.05, 4.69) is 29.2 Å². The first-order valence-electron chi connectivity index (χ1n) is 9.87. The van der Waals surface area contributed by atoms with E-state index in [1.54, 1.807) is 0 Å². The summed E-state index contributed by atoms with van der Waals surface area (Å²) in [6.07, 6.45) is 2.17. The Hall–Kier alpha value is -2.17. The molecule has 144 valence electrons. The highest BCUT2D eigenvalue weighted by Gasteiger charge is 2.43. The maximum absolute atomic E-state index is 12.7. The van der Waals surface area contributed by atoms with Crippen molar-refractivity contribution in [3.05, 3.63) is 66.2 Å². The molecule has 1 fully saturated rings. The number of rotatable bonds is 6. The molecular weight excluding hydrogens is 336 g/mol. The smallest absolute Gasteiger partial charge is 0.227 e. The summed E-state index contributed by atoms with van der Waals surface area (Å²) in [6.45, 7) is 6.12. The number of benzene rings is 2. The molecule has 4 nitrogen and oxygen atoms in total. The molecule has 1 heterocycles. The van der Waals surface area contributed by atoms with Gasteiger partial charge < -0.3 is 10.0 Å². The lowest BCUT2D eigenvalue weighted by atomic mass is 9.87. The number of para-hydroxylation sites is 1. The van der Waals surface area contributed by atoms with Crippen LogP contribution in [0, 0.1) is 0 Å². The Bertz CT molecular complexity index is 731. The Morgan fingerprint density at radius 3 is 2.37 bits per heavy atom. The van der Waals surface area contributed by atoms with E-state index in [-0.39, 0.29) is 11.9 Å². The number of hydrogen-bond acceptors (Lipinski definition) is 3. The molecule has 27 heavy (non-hydrogen) atoms. The van der Waals surface area contributed by atoms with E-state index in [0.29, 0.717) is 13.0 Å². The van der Waals surface area contributed by atoms with E-state index in [1.807, 2.05) is 55.1 Å². The molecule has 4 heteroatoms. The van der Waals surface area contributed by atoms with Crippen LogP contribution in [0.4, 0.5) is 5.69 Å². The van der Waals surface area contributed by atoms with Gasteiger partial charge in [-0.15, -0.1) is 0 Å². The third kappa shape index (κ3) is 4.76. The Morgan fingerprint density at radius 2 is 1.78 bits per heavy atom. The number of hydrogen-bond donors (Lipinski definition) is 1. The number of likely N-dealkylation sites (tertiary alicyclic amines) is 1. The van der Waals surface area contributed by atoms with Crippen molar-refractivity contribution in [1.82, 2.24) is 4.90 Å². The standard InChI is InChI=1S/C23H30N2O2/c1-3-22(26)25(20-12-8-5-9-13-20)21-15-17-24(18-23(21,2)27)16-14-19-10-6-4-7-11-19/h4-13,21,27H,3,14-18H2,1-2H3/t21-,23-/m1/s1. The number of nitrogens with zero attached hydrogens (tertiary/aromatic N) is 2. The van der Waals surface area contributed by atoms with Gasteiger partial charge in [-0.1, -0.05) is 55.5 Å². The minimum atomic E-state index is -0.949. The maximum atomic E-state index is 12.7. The molecule has 0 bridgehead atoms. The van der Waals surface area contributed by atoms with Crippen LogP contribution in [0.15, 0.2) is 60.7 Å². The molecule has 0 aromatic heterocycles. The maximum Gasteiger partial charge on any atom is 0.227 e. The Labute approximate surface area is 162 Å². The number of anilines is 1. The van der Waals surface area contributed by atoms with Crippen LogP contribution in [-0.2, 0) is 11.2 Å². The van der Waals surface area contributed by atoms with Crippen molar-refractivity contribution in [2.24, 2.45) is 0 Å². The average Bonchev–Trinajstić information content (AvgIpc) is 2.69. The van der Waals surface area contributed by atoms with Crippen LogP contribution in [0.25, 0.3) is 0 Å². The van der Waals surface area contributed by atoms with Gasteiger partial charge in [-0.2, -0.15) is 0 Å². The fourth-order valence-corrected chi connectivity index (χ4v) is 4.04. The molecule has 1 aliphatic heterocycles. The molecule has 1 amide bonds. The molecule has 1 N–H and O–H groups in total. The molecule has 0 aliphatic carbocycles. The van der Waals surface area contributed by atoms with Gasteiger partial charge in [-0.25, -0.2) is 0 Å². The molecule has 2 aromatic rings. The second-order valence-corrected chi connectivity index (χ2v) is 7.63. The van der Waals surface area contributed by atoms with Gasteiger partial charge in [0.05, 0.1) is 11.6 Å². The molecular formula is C23H30N2O2. The molecule has 3 rings (SSSR count). The molecule has 2 atom stereocenters. The predicted molar refractivity (Wildman–Crippen MR) is 110 cm³/mol. The van der Waals surface area contributed by atoms with Gasteiger partial charge in [0.2, 0.25) is 5.91 Å². The molecule has 0 unspecified atom stereocenters. The summed E-state index contributed by atoms with van der Waals surface area (Å²) >= 11 is 0. The molecule has 1 saturated heterocycles. The number of piperidine rings is 1. The van der Waals surface area contributed by atoms with E-state index in [9.17, 15) is 9.90 Å². The second-order valence-electron chi connectivity index (χ2n) is 7.63. The van der Waals surface area contributed by atoms with Crippen molar-refractivity contribution in [3.63, 3.8) is 0 Å². The van der Waals surface area contributed by atoms with Crippen LogP contribution in [-0.4, -0.2) is 47.2 Å². The van der Waals surface area contributed by atoms with Crippen molar-refractivity contribution < 1.29 is 9.90 Å². The highest BCUT2D eigenvalue weighted by Crippen LogP contribution is 2.30. The summed E-state index contributed by atoms with van der Waals surface area (Å²) in [6, 6.07) is 20.0. The highest BCUT2D eigenvalue weighted by atomic mass is 16.3. The van der Waals surface area contributed by atoms with Crippen molar-refractivity contribution in [2.75, 3.05) is 24.5 Å². The summed E-state index contributed by atoms with van der Waals surface area (Å²) in [5.74, 6) is 0.0595. The number of amides is 1. The summed E-state index contributed by atoms with van der Waals surface area (Å²) in [5, 5.41) is 11.2. The summed E-state index contributed by atoms with van der Waals surface area (Å²) in [5.41, 5.74) is 1.23. The van der Waals surface area contributed by atoms with E-state index in [4.69, 9.17) is 0 Å². The van der Waals surface area contributed by atoms with Crippen LogP contribution >= 0.6 is 0 Å². The van der Waals surface area contributed by atoms with Gasteiger partial charge in [-0.05, 0) is 37.5 Å². The Kier molecular flexibility index (Phi) is 6.30. The SMILES string of the molecule is CCC(=O)N(c1ccccc1)[C@@H]1CCN(CCc2ccccc2)C[C@@]1(C)O. The van der Waals surface area contributed by atoms with E-state index < -0.39 is 5.60 Å². The van der Waals surface area contributed by atoms with Crippen LogP contribution in [0.2, 0.25) is 0 Å². The zero-order chi connectivity index (χ0) is 19.3. The quantitative estimate of drug-likeness (QED) is 0.851. The number of carbonyl (C=O) groups is 1. The third-order valence-corrected chi connectivity index (χ3v) is 5.46. The van der Waals surface area contributed by atoms with Gasteiger partial charge >= 0.3 is 0 Å². The fraction of sp³-hybridized carbons (Fsp3) is 0.435. The second kappa shape index (κ2) is 8.68. The van der Waals surface area contributed by atoms with Crippen molar-refractivity contribution in [1.29, 1.82) is 0 Å². The van der Waals surface area contributed by atoms with Gasteiger partial charge in [0, 0.05) is 31.7 Å². The summed E-state index contributed by atoms with van der Waals surface area (Å²) < 4.78 is 0. The van der Waals surface area contributed by atoms with Crippen molar-refractivity contribution >= 4 is 11.6 Å². The fourth-order valence-electron chi connectivity index (χ4n) is 4.04. The van der Waals surface area contributed by atoms with E-state index in [1.165, 1.54) is 5.56 Å². The van der Waals surface area contributed by atoms with Gasteiger partial charge in [0.1, 0.15) is 0 Å². The zero-order valence-corrected chi connectivity index (χ0v) is 16.3. The highest BCUT2D eigenvalue weighted by molar-refractivity contribution is 5.94. The first kappa shape index (κ1) is 19.6. The zero-order valence-electron chi connectivity index (χ0n) is 16.3. The Balaban J connectivity index is 1.71. The first-order chi connectivity index (χ1) is 13.0. The first-order valence-corrected chi connectivity index (χ1v) is 9.87. The topological polar surface area (TPSA) is 43.8 Å². The molecule has 2 aromatic carbocycles. The largest absolute Gasteiger partial charge is 0.387 e. The van der Waals surface area contributed by atoms with Gasteiger partial charge in [0.25, 0.3) is 0 Å². The lowest BCUT2D eigenvalue weighted by Gasteiger charge is -2.47. The van der Waals surface area contributed by atoms with Crippen LogP contribution in [0.5, 0.6) is 0 Å². The van der Waals surface area contributed by atoms with E-state index in [0.717, 1.165) is 31.6 Å². The summed E-state index contributed by atoms with van der Waals surface area (Å²) in [7, 11) is 0. The predicted octanol–water partition coefficient (Wildman–Crippen LogP) is 3.50. The monoisotopic (exact) mass is 366 g/mol. The van der Waals surface area contributed by atoms with Gasteiger partial charge in [-0.3, -0.25) is 9.69 Å². The molecule has 0 spiro atoms. The number of aliphatic hydroxyl groups is 1. The normalized spacial score (nSPS) is 23.1. The van der Waals surface area contributed by atoms with Crippen molar-refractivity contribution in [3.8, 4) is 0 Å². The van der Waals surface area contributed by atoms with Crippen LogP contribution < -0.4 is 4.90 Å². The summed E-state index contributed by atoms with van der Waals surface area (Å²) in [4.78, 5) is 16.8. The lowest BCUT2D eigenvalue weighted by Crippen LogP contribution is -2.62. The third-order valence-electron chi connectivity index (χ3n) is 5.46. The minimum absolute atomic E-state index is 0.0595. The lowest BCUT2D eigenvalue weighted by molar-refractivity contribution is -0.121.